The van der Waals surface area contributed by atoms with Gasteiger partial charge in [0.2, 0.25) is 0 Å². The molecule has 0 spiro atoms. The maximum Gasteiger partial charge on any atom is 0.0674 e. The van der Waals surface area contributed by atoms with Gasteiger partial charge in [-0.3, -0.25) is 4.90 Å². The Labute approximate surface area is 94.2 Å². The number of hydrogen-bond donors (Lipinski definition) is 1. The first kappa shape index (κ1) is 12.9. The van der Waals surface area contributed by atoms with Gasteiger partial charge < -0.3 is 10.1 Å². The molecule has 0 aliphatic carbocycles. The Morgan fingerprint density at radius 1 is 1.47 bits per heavy atom. The molecule has 0 aromatic rings. The van der Waals surface area contributed by atoms with Crippen LogP contribution in [0.4, 0.5) is 0 Å². The molecule has 15 heavy (non-hydrogen) atoms. The molecule has 0 aromatic carbocycles. The van der Waals surface area contributed by atoms with Crippen molar-refractivity contribution in [2.45, 2.75) is 52.3 Å². The minimum absolute atomic E-state index is 0.399. The largest absolute Gasteiger partial charge is 0.376 e. The van der Waals surface area contributed by atoms with E-state index in [0.717, 1.165) is 19.7 Å². The number of morpholine rings is 1. The van der Waals surface area contributed by atoms with Crippen LogP contribution in [-0.4, -0.2) is 49.3 Å². The molecule has 1 heterocycles. The second-order valence-electron chi connectivity index (χ2n) is 4.74. The maximum absolute atomic E-state index is 5.62. The van der Waals surface area contributed by atoms with Gasteiger partial charge >= 0.3 is 0 Å². The molecule has 0 bridgehead atoms. The summed E-state index contributed by atoms with van der Waals surface area (Å²) in [7, 11) is 0. The molecular formula is C12H26N2O. The second kappa shape index (κ2) is 6.46. The first-order chi connectivity index (χ1) is 7.13. The van der Waals surface area contributed by atoms with Gasteiger partial charge in [0.1, 0.15) is 0 Å². The van der Waals surface area contributed by atoms with Crippen LogP contribution in [0.3, 0.4) is 0 Å². The van der Waals surface area contributed by atoms with Gasteiger partial charge in [-0.15, -0.1) is 0 Å². The van der Waals surface area contributed by atoms with Crippen molar-refractivity contribution >= 4 is 0 Å². The van der Waals surface area contributed by atoms with Crippen molar-refractivity contribution in [3.63, 3.8) is 0 Å². The zero-order valence-corrected chi connectivity index (χ0v) is 10.6. The lowest BCUT2D eigenvalue weighted by atomic mass is 10.1. The van der Waals surface area contributed by atoms with Crippen molar-refractivity contribution in [2.75, 3.05) is 26.2 Å². The van der Waals surface area contributed by atoms with Gasteiger partial charge in [0.15, 0.2) is 0 Å². The number of nitrogens with one attached hydrogen (secondary N) is 1. The predicted octanol–water partition coefficient (Wildman–Crippen LogP) is 1.48. The normalized spacial score (nSPS) is 30.4. The van der Waals surface area contributed by atoms with Crippen LogP contribution in [0.15, 0.2) is 0 Å². The SMILES string of the molecule is CCNC(C)CCN1CC(C)OCC1C. The van der Waals surface area contributed by atoms with Crippen molar-refractivity contribution in [3.8, 4) is 0 Å². The van der Waals surface area contributed by atoms with Crippen molar-refractivity contribution in [1.82, 2.24) is 10.2 Å². The summed E-state index contributed by atoms with van der Waals surface area (Å²) in [6.45, 7) is 13.1. The van der Waals surface area contributed by atoms with E-state index in [1.165, 1.54) is 13.0 Å². The molecule has 0 amide bonds. The lowest BCUT2D eigenvalue weighted by molar-refractivity contribution is -0.0500. The van der Waals surface area contributed by atoms with Gasteiger partial charge in [-0.05, 0) is 33.7 Å². The van der Waals surface area contributed by atoms with Crippen LogP contribution in [0.1, 0.15) is 34.1 Å². The quantitative estimate of drug-likeness (QED) is 0.750. The Balaban J connectivity index is 2.23. The van der Waals surface area contributed by atoms with E-state index in [1.54, 1.807) is 0 Å². The summed E-state index contributed by atoms with van der Waals surface area (Å²) in [5, 5.41) is 3.45. The van der Waals surface area contributed by atoms with Crippen molar-refractivity contribution in [2.24, 2.45) is 0 Å². The number of nitrogens with zero attached hydrogens (tertiary/aromatic N) is 1. The third-order valence-electron chi connectivity index (χ3n) is 3.14. The van der Waals surface area contributed by atoms with Crippen LogP contribution < -0.4 is 5.32 Å². The minimum atomic E-state index is 0.399. The van der Waals surface area contributed by atoms with Crippen LogP contribution in [0.5, 0.6) is 0 Å². The Hall–Kier alpha value is -0.120. The molecule has 3 nitrogen and oxygen atoms in total. The molecule has 1 N–H and O–H groups in total. The van der Waals surface area contributed by atoms with E-state index in [-0.39, 0.29) is 0 Å². The molecular weight excluding hydrogens is 188 g/mol. The van der Waals surface area contributed by atoms with Gasteiger partial charge in [-0.2, -0.15) is 0 Å². The van der Waals surface area contributed by atoms with Crippen molar-refractivity contribution in [3.05, 3.63) is 0 Å². The van der Waals surface area contributed by atoms with E-state index in [1.807, 2.05) is 0 Å². The summed E-state index contributed by atoms with van der Waals surface area (Å²) in [5.41, 5.74) is 0. The van der Waals surface area contributed by atoms with Crippen LogP contribution in [0.25, 0.3) is 0 Å². The molecule has 1 aliphatic rings. The Kier molecular flexibility index (Phi) is 5.58. The third kappa shape index (κ3) is 4.49. The highest BCUT2D eigenvalue weighted by atomic mass is 16.5. The number of rotatable bonds is 5. The fourth-order valence-corrected chi connectivity index (χ4v) is 2.09. The first-order valence-electron chi connectivity index (χ1n) is 6.22. The lowest BCUT2D eigenvalue weighted by Gasteiger charge is -2.37. The summed E-state index contributed by atoms with van der Waals surface area (Å²) in [6.07, 6.45) is 1.63. The standard InChI is InChI=1S/C12H26N2O/c1-5-13-10(2)6-7-14-8-12(4)15-9-11(14)3/h10-13H,5-9H2,1-4H3. The minimum Gasteiger partial charge on any atom is -0.376 e. The summed E-state index contributed by atoms with van der Waals surface area (Å²) >= 11 is 0. The van der Waals surface area contributed by atoms with E-state index in [2.05, 4.69) is 37.9 Å². The summed E-state index contributed by atoms with van der Waals surface area (Å²) in [4.78, 5) is 2.54. The van der Waals surface area contributed by atoms with Crippen LogP contribution >= 0.6 is 0 Å². The highest BCUT2D eigenvalue weighted by molar-refractivity contribution is 4.76. The average Bonchev–Trinajstić information content (AvgIpc) is 2.20. The average molecular weight is 214 g/mol. The zero-order valence-electron chi connectivity index (χ0n) is 10.6. The first-order valence-corrected chi connectivity index (χ1v) is 6.22. The Bertz CT molecular complexity index is 175. The highest BCUT2D eigenvalue weighted by Gasteiger charge is 2.23. The molecule has 0 saturated carbocycles. The number of ether oxygens (including phenoxy) is 1. The zero-order chi connectivity index (χ0) is 11.3. The molecule has 1 saturated heterocycles. The summed E-state index contributed by atoms with van der Waals surface area (Å²) in [6, 6.07) is 1.20. The second-order valence-corrected chi connectivity index (χ2v) is 4.74. The van der Waals surface area contributed by atoms with E-state index in [4.69, 9.17) is 4.74 Å². The Morgan fingerprint density at radius 3 is 2.87 bits per heavy atom. The molecule has 0 radical (unpaired) electrons. The maximum atomic E-state index is 5.62. The van der Waals surface area contributed by atoms with Crippen molar-refractivity contribution in [1.29, 1.82) is 0 Å². The monoisotopic (exact) mass is 214 g/mol. The van der Waals surface area contributed by atoms with E-state index < -0.39 is 0 Å². The van der Waals surface area contributed by atoms with Gasteiger partial charge in [-0.25, -0.2) is 0 Å². The van der Waals surface area contributed by atoms with Gasteiger partial charge in [0.25, 0.3) is 0 Å². The third-order valence-corrected chi connectivity index (χ3v) is 3.14. The van der Waals surface area contributed by atoms with Crippen LogP contribution in [-0.2, 0) is 4.74 Å². The number of hydrogen-bond acceptors (Lipinski definition) is 3. The van der Waals surface area contributed by atoms with E-state index in [9.17, 15) is 0 Å². The van der Waals surface area contributed by atoms with Gasteiger partial charge in [-0.1, -0.05) is 6.92 Å². The fourth-order valence-electron chi connectivity index (χ4n) is 2.09. The molecule has 1 rings (SSSR count). The van der Waals surface area contributed by atoms with Crippen LogP contribution in [0.2, 0.25) is 0 Å². The lowest BCUT2D eigenvalue weighted by Crippen LogP contribution is -2.48. The molecule has 90 valence electrons. The van der Waals surface area contributed by atoms with E-state index >= 15 is 0 Å². The molecule has 3 heteroatoms. The topological polar surface area (TPSA) is 24.5 Å². The van der Waals surface area contributed by atoms with Gasteiger partial charge in [0.05, 0.1) is 12.7 Å². The fraction of sp³-hybridized carbons (Fsp3) is 1.00. The smallest absolute Gasteiger partial charge is 0.0674 e. The summed E-state index contributed by atoms with van der Waals surface area (Å²) in [5.74, 6) is 0. The highest BCUT2D eigenvalue weighted by Crippen LogP contribution is 2.11. The molecule has 3 atom stereocenters. The molecule has 1 fully saturated rings. The molecule has 1 aliphatic heterocycles. The van der Waals surface area contributed by atoms with Gasteiger partial charge in [0, 0.05) is 25.2 Å². The predicted molar refractivity (Wildman–Crippen MR) is 64.2 cm³/mol. The Morgan fingerprint density at radius 2 is 2.20 bits per heavy atom. The summed E-state index contributed by atoms with van der Waals surface area (Å²) < 4.78 is 5.62. The van der Waals surface area contributed by atoms with Crippen LogP contribution in [0, 0.1) is 0 Å². The van der Waals surface area contributed by atoms with E-state index in [0.29, 0.717) is 18.2 Å². The van der Waals surface area contributed by atoms with Crippen molar-refractivity contribution < 1.29 is 4.74 Å². The molecule has 3 unspecified atom stereocenters. The molecule has 0 aromatic heterocycles.